The fourth-order valence-corrected chi connectivity index (χ4v) is 2.04. The Hall–Kier alpha value is -0.310. The molecule has 0 aromatic heterocycles. The van der Waals surface area contributed by atoms with Crippen LogP contribution in [0.25, 0.3) is 0 Å². The molecule has 0 heterocycles. The molecule has 0 amide bonds. The summed E-state index contributed by atoms with van der Waals surface area (Å²) in [5, 5.41) is 3.88. The molecule has 0 spiro atoms. The van der Waals surface area contributed by atoms with E-state index in [2.05, 4.69) is 19.2 Å². The van der Waals surface area contributed by atoms with Gasteiger partial charge in [0.25, 0.3) is 5.17 Å². The minimum absolute atomic E-state index is 0.235. The van der Waals surface area contributed by atoms with E-state index in [4.69, 9.17) is 17.0 Å². The lowest BCUT2D eigenvalue weighted by atomic mass is 9.96. The van der Waals surface area contributed by atoms with E-state index in [-0.39, 0.29) is 6.10 Å². The highest BCUT2D eigenvalue weighted by atomic mass is 32.1. The summed E-state index contributed by atoms with van der Waals surface area (Å²) in [6.45, 7) is 4.16. The molecule has 0 aliphatic heterocycles. The van der Waals surface area contributed by atoms with Crippen LogP contribution in [0.2, 0.25) is 0 Å². The van der Waals surface area contributed by atoms with Crippen LogP contribution in [-0.4, -0.2) is 17.3 Å². The fraction of sp³-hybridized carbons (Fsp3) is 0.909. The Morgan fingerprint density at radius 3 is 2.64 bits per heavy atom. The number of hydrogen-bond acceptors (Lipinski definition) is 2. The summed E-state index contributed by atoms with van der Waals surface area (Å²) >= 11 is 5.14. The van der Waals surface area contributed by atoms with Crippen LogP contribution in [0.15, 0.2) is 0 Å². The Bertz CT molecular complexity index is 178. The highest BCUT2D eigenvalue weighted by Gasteiger charge is 2.15. The van der Waals surface area contributed by atoms with Crippen molar-refractivity contribution in [2.24, 2.45) is 0 Å². The number of thiocarbonyl (C=S) groups is 1. The van der Waals surface area contributed by atoms with E-state index in [1.165, 1.54) is 32.1 Å². The van der Waals surface area contributed by atoms with Gasteiger partial charge in [0.2, 0.25) is 0 Å². The van der Waals surface area contributed by atoms with Crippen molar-refractivity contribution in [1.82, 2.24) is 5.32 Å². The second kappa shape index (κ2) is 6.23. The number of rotatable bonds is 3. The summed E-state index contributed by atoms with van der Waals surface area (Å²) in [6.07, 6.45) is 7.74. The lowest BCUT2D eigenvalue weighted by Crippen LogP contribution is -2.37. The monoisotopic (exact) mass is 215 g/mol. The summed E-state index contributed by atoms with van der Waals surface area (Å²) in [5.74, 6) is 0. The molecule has 0 saturated heterocycles. The zero-order valence-corrected chi connectivity index (χ0v) is 10.0. The topological polar surface area (TPSA) is 21.3 Å². The van der Waals surface area contributed by atoms with Gasteiger partial charge in [0, 0.05) is 6.04 Å². The summed E-state index contributed by atoms with van der Waals surface area (Å²) in [4.78, 5) is 0. The quantitative estimate of drug-likeness (QED) is 0.731. The van der Waals surface area contributed by atoms with Gasteiger partial charge >= 0.3 is 0 Å². The predicted octanol–water partition coefficient (Wildman–Crippen LogP) is 3.01. The normalized spacial score (nSPS) is 20.1. The van der Waals surface area contributed by atoms with Gasteiger partial charge in [-0.3, -0.25) is 0 Å². The van der Waals surface area contributed by atoms with Crippen molar-refractivity contribution >= 4 is 17.4 Å². The minimum atomic E-state index is 0.235. The molecular weight excluding hydrogens is 194 g/mol. The molecule has 1 saturated carbocycles. The molecule has 0 radical (unpaired) electrons. The van der Waals surface area contributed by atoms with E-state index in [0.29, 0.717) is 11.2 Å². The molecule has 1 N–H and O–H groups in total. The molecule has 1 aliphatic carbocycles. The number of nitrogens with one attached hydrogen (secondary N) is 1. The van der Waals surface area contributed by atoms with E-state index in [9.17, 15) is 0 Å². The first kappa shape index (κ1) is 11.8. The van der Waals surface area contributed by atoms with Crippen LogP contribution in [-0.2, 0) is 4.74 Å². The van der Waals surface area contributed by atoms with Gasteiger partial charge in [-0.2, -0.15) is 0 Å². The second-order valence-corrected chi connectivity index (χ2v) is 4.47. The predicted molar refractivity (Wildman–Crippen MR) is 63.4 cm³/mol. The van der Waals surface area contributed by atoms with Crippen molar-refractivity contribution in [1.29, 1.82) is 0 Å². The Balaban J connectivity index is 2.18. The maximum absolute atomic E-state index is 5.52. The minimum Gasteiger partial charge on any atom is -0.468 e. The molecule has 14 heavy (non-hydrogen) atoms. The SMILES string of the molecule is CC[C@H](C)OC(=S)NC1CCCCC1. The molecule has 82 valence electrons. The van der Waals surface area contributed by atoms with Gasteiger partial charge in [0.05, 0.1) is 6.10 Å². The highest BCUT2D eigenvalue weighted by molar-refractivity contribution is 7.80. The van der Waals surface area contributed by atoms with Crippen molar-refractivity contribution in [2.45, 2.75) is 64.5 Å². The molecule has 0 bridgehead atoms. The first-order valence-corrected chi connectivity index (χ1v) is 6.10. The van der Waals surface area contributed by atoms with Crippen molar-refractivity contribution in [3.8, 4) is 0 Å². The van der Waals surface area contributed by atoms with Crippen molar-refractivity contribution < 1.29 is 4.74 Å². The highest BCUT2D eigenvalue weighted by Crippen LogP contribution is 2.17. The van der Waals surface area contributed by atoms with E-state index >= 15 is 0 Å². The first-order chi connectivity index (χ1) is 6.72. The van der Waals surface area contributed by atoms with Gasteiger partial charge < -0.3 is 10.1 Å². The smallest absolute Gasteiger partial charge is 0.257 e. The van der Waals surface area contributed by atoms with Gasteiger partial charge in [0.15, 0.2) is 0 Å². The van der Waals surface area contributed by atoms with E-state index in [1.54, 1.807) is 0 Å². The average molecular weight is 215 g/mol. The van der Waals surface area contributed by atoms with Crippen molar-refractivity contribution in [2.75, 3.05) is 0 Å². The van der Waals surface area contributed by atoms with Crippen molar-refractivity contribution in [3.05, 3.63) is 0 Å². The maximum atomic E-state index is 5.52. The van der Waals surface area contributed by atoms with Crippen LogP contribution in [0, 0.1) is 0 Å². The molecule has 1 aliphatic rings. The van der Waals surface area contributed by atoms with Gasteiger partial charge in [-0.15, -0.1) is 0 Å². The van der Waals surface area contributed by atoms with E-state index < -0.39 is 0 Å². The number of ether oxygens (including phenoxy) is 1. The molecule has 3 heteroatoms. The Labute approximate surface area is 92.4 Å². The third-order valence-corrected chi connectivity index (χ3v) is 3.02. The fourth-order valence-electron chi connectivity index (χ4n) is 1.71. The number of hydrogen-bond donors (Lipinski definition) is 1. The molecule has 0 aromatic carbocycles. The van der Waals surface area contributed by atoms with E-state index in [1.807, 2.05) is 0 Å². The first-order valence-electron chi connectivity index (χ1n) is 5.69. The molecule has 1 atom stereocenters. The van der Waals surface area contributed by atoms with Gasteiger partial charge in [-0.05, 0) is 38.4 Å². The third kappa shape index (κ3) is 4.27. The van der Waals surface area contributed by atoms with Crippen LogP contribution in [0.4, 0.5) is 0 Å². The largest absolute Gasteiger partial charge is 0.468 e. The summed E-state index contributed by atoms with van der Waals surface area (Å²) < 4.78 is 5.52. The molecule has 2 nitrogen and oxygen atoms in total. The van der Waals surface area contributed by atoms with Crippen LogP contribution in [0.1, 0.15) is 52.4 Å². The molecular formula is C11H21NOS. The Morgan fingerprint density at radius 1 is 1.43 bits per heavy atom. The summed E-state index contributed by atoms with van der Waals surface area (Å²) in [5.41, 5.74) is 0. The van der Waals surface area contributed by atoms with Gasteiger partial charge in [-0.1, -0.05) is 26.2 Å². The average Bonchev–Trinajstić information content (AvgIpc) is 2.19. The lowest BCUT2D eigenvalue weighted by Gasteiger charge is -2.24. The molecule has 1 fully saturated rings. The lowest BCUT2D eigenvalue weighted by molar-refractivity contribution is 0.195. The van der Waals surface area contributed by atoms with Crippen LogP contribution < -0.4 is 5.32 Å². The van der Waals surface area contributed by atoms with Crippen LogP contribution in [0.5, 0.6) is 0 Å². The van der Waals surface area contributed by atoms with Crippen LogP contribution >= 0.6 is 12.2 Å². The van der Waals surface area contributed by atoms with Gasteiger partial charge in [0.1, 0.15) is 0 Å². The summed E-state index contributed by atoms with van der Waals surface area (Å²) in [6, 6.07) is 0.556. The third-order valence-electron chi connectivity index (χ3n) is 2.81. The van der Waals surface area contributed by atoms with E-state index in [0.717, 1.165) is 6.42 Å². The zero-order chi connectivity index (χ0) is 10.4. The maximum Gasteiger partial charge on any atom is 0.257 e. The molecule has 0 aromatic rings. The Kier molecular flexibility index (Phi) is 5.23. The molecule has 1 rings (SSSR count). The zero-order valence-electron chi connectivity index (χ0n) is 9.21. The van der Waals surface area contributed by atoms with Crippen LogP contribution in [0.3, 0.4) is 0 Å². The molecule has 0 unspecified atom stereocenters. The van der Waals surface area contributed by atoms with Gasteiger partial charge in [-0.25, -0.2) is 0 Å². The summed E-state index contributed by atoms with van der Waals surface area (Å²) in [7, 11) is 0. The second-order valence-electron chi connectivity index (χ2n) is 4.10. The Morgan fingerprint density at radius 2 is 2.07 bits per heavy atom. The van der Waals surface area contributed by atoms with Crippen molar-refractivity contribution in [3.63, 3.8) is 0 Å². The standard InChI is InChI=1S/C11H21NOS/c1-3-9(2)13-11(14)12-10-7-5-4-6-8-10/h9-10H,3-8H2,1-2H3,(H,12,14)/t9-/m0/s1.